The molecule has 2 aliphatic rings. The molecule has 2 saturated heterocycles. The summed E-state index contributed by atoms with van der Waals surface area (Å²) in [6.45, 7) is 3.60. The number of amides is 3. The van der Waals surface area contributed by atoms with Gasteiger partial charge in [-0.25, -0.2) is 4.79 Å². The average molecular weight is 357 g/mol. The van der Waals surface area contributed by atoms with E-state index in [-0.39, 0.29) is 36.6 Å². The van der Waals surface area contributed by atoms with Crippen molar-refractivity contribution in [2.45, 2.75) is 69.3 Å². The smallest absolute Gasteiger partial charge is 0.323 e. The standard InChI is InChI=1S/C16H27N3O4S/c1-3-10(2)19(8-14(21)22)13(20)7-5-4-6-12-15-11(9-24-12)17-16(23)18-15/h10-12,15H,3-9H2,1-2H3,(H,21,22)(H2,17,18,23)/t10?,11-,12-,15-/m0/s1. The monoisotopic (exact) mass is 357 g/mol. The first-order chi connectivity index (χ1) is 11.4. The maximum atomic E-state index is 12.3. The molecule has 1 unspecified atom stereocenters. The van der Waals surface area contributed by atoms with E-state index < -0.39 is 5.97 Å². The van der Waals surface area contributed by atoms with Crippen molar-refractivity contribution in [3.8, 4) is 0 Å². The third-order valence-corrected chi connectivity index (χ3v) is 6.32. The minimum absolute atomic E-state index is 0.0560. The molecule has 0 spiro atoms. The number of hydrogen-bond donors (Lipinski definition) is 3. The summed E-state index contributed by atoms with van der Waals surface area (Å²) in [5.41, 5.74) is 0. The third-order valence-electron chi connectivity index (χ3n) is 4.82. The first-order valence-electron chi connectivity index (χ1n) is 8.62. The molecule has 0 bridgehead atoms. The summed E-state index contributed by atoms with van der Waals surface area (Å²) in [7, 11) is 0. The van der Waals surface area contributed by atoms with Crippen LogP contribution in [0.25, 0.3) is 0 Å². The van der Waals surface area contributed by atoms with Crippen molar-refractivity contribution in [2.24, 2.45) is 0 Å². The summed E-state index contributed by atoms with van der Waals surface area (Å²) in [5, 5.41) is 15.2. The predicted molar refractivity (Wildman–Crippen MR) is 93.1 cm³/mol. The number of carboxylic acid groups (broad SMARTS) is 1. The molecule has 4 atom stereocenters. The number of nitrogens with one attached hydrogen (secondary N) is 2. The van der Waals surface area contributed by atoms with Gasteiger partial charge in [0.1, 0.15) is 6.54 Å². The molecular formula is C16H27N3O4S. The fourth-order valence-electron chi connectivity index (χ4n) is 3.26. The Labute approximate surface area is 146 Å². The molecule has 2 heterocycles. The van der Waals surface area contributed by atoms with Crippen molar-refractivity contribution < 1.29 is 19.5 Å². The Morgan fingerprint density at radius 3 is 2.79 bits per heavy atom. The molecule has 0 aromatic heterocycles. The molecular weight excluding hydrogens is 330 g/mol. The number of rotatable bonds is 9. The molecule has 0 aliphatic carbocycles. The van der Waals surface area contributed by atoms with E-state index in [9.17, 15) is 14.4 Å². The summed E-state index contributed by atoms with van der Waals surface area (Å²) < 4.78 is 0. The van der Waals surface area contributed by atoms with Crippen molar-refractivity contribution in [3.63, 3.8) is 0 Å². The number of fused-ring (bicyclic) bond motifs is 1. The van der Waals surface area contributed by atoms with Gasteiger partial charge in [-0.3, -0.25) is 9.59 Å². The van der Waals surface area contributed by atoms with Crippen molar-refractivity contribution in [1.82, 2.24) is 15.5 Å². The molecule has 7 nitrogen and oxygen atoms in total. The second-order valence-corrected chi connectivity index (χ2v) is 7.81. The van der Waals surface area contributed by atoms with Gasteiger partial charge in [0.05, 0.1) is 12.1 Å². The molecule has 2 fully saturated rings. The second kappa shape index (κ2) is 8.60. The summed E-state index contributed by atoms with van der Waals surface area (Å²) in [5.74, 6) is -0.117. The van der Waals surface area contributed by atoms with Crippen LogP contribution in [-0.4, -0.2) is 63.6 Å². The number of carbonyl (C=O) groups is 3. The lowest BCUT2D eigenvalue weighted by Gasteiger charge is -2.27. The van der Waals surface area contributed by atoms with Gasteiger partial charge in [-0.05, 0) is 26.2 Å². The molecule has 2 rings (SSSR count). The highest BCUT2D eigenvalue weighted by atomic mass is 32.2. The van der Waals surface area contributed by atoms with Crippen LogP contribution in [0.2, 0.25) is 0 Å². The number of unbranched alkanes of at least 4 members (excludes halogenated alkanes) is 1. The lowest BCUT2D eigenvalue weighted by Crippen LogP contribution is -2.41. The molecule has 136 valence electrons. The van der Waals surface area contributed by atoms with Gasteiger partial charge in [0.15, 0.2) is 0 Å². The zero-order valence-corrected chi connectivity index (χ0v) is 15.1. The van der Waals surface area contributed by atoms with Gasteiger partial charge < -0.3 is 20.6 Å². The van der Waals surface area contributed by atoms with Crippen LogP contribution in [0, 0.1) is 0 Å². The summed E-state index contributed by atoms with van der Waals surface area (Å²) >= 11 is 1.87. The molecule has 0 aromatic carbocycles. The van der Waals surface area contributed by atoms with E-state index in [0.717, 1.165) is 31.4 Å². The maximum Gasteiger partial charge on any atom is 0.323 e. The predicted octanol–water partition coefficient (Wildman–Crippen LogP) is 1.42. The first kappa shape index (κ1) is 18.9. The minimum Gasteiger partial charge on any atom is -0.480 e. The van der Waals surface area contributed by atoms with E-state index in [1.807, 2.05) is 25.6 Å². The van der Waals surface area contributed by atoms with Crippen molar-refractivity contribution >= 4 is 29.7 Å². The second-order valence-electron chi connectivity index (χ2n) is 6.54. The molecule has 3 N–H and O–H groups in total. The SMILES string of the molecule is CCC(C)N(CC(=O)O)C(=O)CCCC[C@@H]1SC[C@@H]2NC(=O)N[C@@H]21. The van der Waals surface area contributed by atoms with Crippen LogP contribution in [0.3, 0.4) is 0 Å². The number of aliphatic carboxylic acids is 1. The lowest BCUT2D eigenvalue weighted by atomic mass is 10.0. The Balaban J connectivity index is 1.71. The van der Waals surface area contributed by atoms with Gasteiger partial charge in [-0.2, -0.15) is 11.8 Å². The van der Waals surface area contributed by atoms with E-state index in [0.29, 0.717) is 11.7 Å². The van der Waals surface area contributed by atoms with Crippen LogP contribution >= 0.6 is 11.8 Å². The van der Waals surface area contributed by atoms with Crippen LogP contribution < -0.4 is 10.6 Å². The fraction of sp³-hybridized carbons (Fsp3) is 0.812. The van der Waals surface area contributed by atoms with Crippen molar-refractivity contribution in [2.75, 3.05) is 12.3 Å². The Kier molecular flexibility index (Phi) is 6.77. The molecule has 24 heavy (non-hydrogen) atoms. The van der Waals surface area contributed by atoms with Gasteiger partial charge in [0.25, 0.3) is 0 Å². The normalized spacial score (nSPS) is 26.4. The Hall–Kier alpha value is -1.44. The number of hydrogen-bond acceptors (Lipinski definition) is 4. The first-order valence-corrected chi connectivity index (χ1v) is 9.67. The number of thioether (sulfide) groups is 1. The number of urea groups is 1. The maximum absolute atomic E-state index is 12.3. The van der Waals surface area contributed by atoms with E-state index in [1.165, 1.54) is 4.90 Å². The van der Waals surface area contributed by atoms with E-state index in [4.69, 9.17) is 5.11 Å². The molecule has 0 saturated carbocycles. The highest BCUT2D eigenvalue weighted by molar-refractivity contribution is 8.00. The van der Waals surface area contributed by atoms with Gasteiger partial charge in [-0.1, -0.05) is 13.3 Å². The van der Waals surface area contributed by atoms with Crippen LogP contribution in [0.4, 0.5) is 4.79 Å². The van der Waals surface area contributed by atoms with Crippen LogP contribution in [-0.2, 0) is 9.59 Å². The van der Waals surface area contributed by atoms with Gasteiger partial charge in [0.2, 0.25) is 5.91 Å². The Morgan fingerprint density at radius 1 is 1.38 bits per heavy atom. The number of carboxylic acids is 1. The quantitative estimate of drug-likeness (QED) is 0.428. The third kappa shape index (κ3) is 4.78. The van der Waals surface area contributed by atoms with Gasteiger partial charge in [0, 0.05) is 23.5 Å². The molecule has 0 radical (unpaired) electrons. The zero-order valence-electron chi connectivity index (χ0n) is 14.3. The molecule has 3 amide bonds. The number of carbonyl (C=O) groups excluding carboxylic acids is 2. The van der Waals surface area contributed by atoms with E-state index >= 15 is 0 Å². The van der Waals surface area contributed by atoms with E-state index in [2.05, 4.69) is 10.6 Å². The Bertz CT molecular complexity index is 488. The molecule has 2 aliphatic heterocycles. The number of nitrogens with zero attached hydrogens (tertiary/aromatic N) is 1. The van der Waals surface area contributed by atoms with Crippen LogP contribution in [0.15, 0.2) is 0 Å². The van der Waals surface area contributed by atoms with Crippen LogP contribution in [0.1, 0.15) is 46.0 Å². The lowest BCUT2D eigenvalue weighted by molar-refractivity contribution is -0.146. The minimum atomic E-state index is -0.971. The average Bonchev–Trinajstić information content (AvgIpc) is 3.07. The molecule has 0 aromatic rings. The largest absolute Gasteiger partial charge is 0.480 e. The summed E-state index contributed by atoms with van der Waals surface area (Å²) in [6.07, 6.45) is 3.75. The van der Waals surface area contributed by atoms with Crippen molar-refractivity contribution in [1.29, 1.82) is 0 Å². The fourth-order valence-corrected chi connectivity index (χ4v) is 4.81. The van der Waals surface area contributed by atoms with Crippen LogP contribution in [0.5, 0.6) is 0 Å². The Morgan fingerprint density at radius 2 is 2.12 bits per heavy atom. The van der Waals surface area contributed by atoms with Gasteiger partial charge >= 0.3 is 12.0 Å². The summed E-state index contributed by atoms with van der Waals surface area (Å²) in [6, 6.07) is 0.287. The molecule has 8 heteroatoms. The highest BCUT2D eigenvalue weighted by Gasteiger charge is 2.42. The highest BCUT2D eigenvalue weighted by Crippen LogP contribution is 2.33. The summed E-state index contributed by atoms with van der Waals surface area (Å²) in [4.78, 5) is 36.0. The van der Waals surface area contributed by atoms with Crippen molar-refractivity contribution in [3.05, 3.63) is 0 Å². The van der Waals surface area contributed by atoms with Gasteiger partial charge in [-0.15, -0.1) is 0 Å². The topological polar surface area (TPSA) is 98.7 Å². The zero-order chi connectivity index (χ0) is 17.7. The van der Waals surface area contributed by atoms with E-state index in [1.54, 1.807) is 0 Å².